The van der Waals surface area contributed by atoms with E-state index >= 15 is 0 Å². The van der Waals surface area contributed by atoms with Crippen molar-refractivity contribution >= 4 is 5.69 Å². The highest BCUT2D eigenvalue weighted by atomic mass is 19.4. The van der Waals surface area contributed by atoms with Crippen LogP contribution < -0.4 is 10.5 Å². The minimum atomic E-state index is -4.54. The Bertz CT molecular complexity index is 595. The molecule has 0 saturated heterocycles. The van der Waals surface area contributed by atoms with E-state index in [-0.39, 0.29) is 17.2 Å². The van der Waals surface area contributed by atoms with Crippen molar-refractivity contribution in [3.8, 4) is 11.5 Å². The van der Waals surface area contributed by atoms with Gasteiger partial charge < -0.3 is 10.5 Å². The standard InChI is InChI=1S/C13H9F4NO/c14-11-3-1-2-4-12(11)19-10-6-8(13(15,16)17)5-9(18)7-10/h1-7H,18H2. The summed E-state index contributed by atoms with van der Waals surface area (Å²) < 4.78 is 56.1. The molecule has 100 valence electrons. The van der Waals surface area contributed by atoms with E-state index in [0.717, 1.165) is 18.2 Å². The van der Waals surface area contributed by atoms with E-state index in [1.807, 2.05) is 0 Å². The molecule has 19 heavy (non-hydrogen) atoms. The lowest BCUT2D eigenvalue weighted by molar-refractivity contribution is -0.137. The molecule has 0 bridgehead atoms. The van der Waals surface area contributed by atoms with Crippen LogP contribution in [0.1, 0.15) is 5.56 Å². The summed E-state index contributed by atoms with van der Waals surface area (Å²) in [5.41, 5.74) is 4.32. The normalized spacial score (nSPS) is 11.4. The number of halogens is 4. The first-order valence-electron chi connectivity index (χ1n) is 5.26. The van der Waals surface area contributed by atoms with Crippen molar-refractivity contribution in [1.29, 1.82) is 0 Å². The van der Waals surface area contributed by atoms with Gasteiger partial charge in [0.25, 0.3) is 0 Å². The number of ether oxygens (including phenoxy) is 1. The summed E-state index contributed by atoms with van der Waals surface area (Å²) in [6, 6.07) is 8.16. The van der Waals surface area contributed by atoms with E-state index in [9.17, 15) is 17.6 Å². The summed E-state index contributed by atoms with van der Waals surface area (Å²) in [4.78, 5) is 0. The fourth-order valence-corrected chi connectivity index (χ4v) is 1.50. The minimum absolute atomic E-state index is 0.110. The number of hydrogen-bond donors (Lipinski definition) is 1. The molecule has 0 atom stereocenters. The second-order valence-electron chi connectivity index (χ2n) is 3.82. The molecular formula is C13H9F4NO. The maximum absolute atomic E-state index is 13.3. The first-order valence-corrected chi connectivity index (χ1v) is 5.26. The van der Waals surface area contributed by atoms with Crippen molar-refractivity contribution in [3.63, 3.8) is 0 Å². The van der Waals surface area contributed by atoms with E-state index in [4.69, 9.17) is 10.5 Å². The smallest absolute Gasteiger partial charge is 0.416 e. The lowest BCUT2D eigenvalue weighted by atomic mass is 10.2. The summed E-state index contributed by atoms with van der Waals surface area (Å²) in [6.07, 6.45) is -4.54. The molecule has 6 heteroatoms. The molecule has 0 amide bonds. The molecular weight excluding hydrogens is 262 g/mol. The van der Waals surface area contributed by atoms with Gasteiger partial charge >= 0.3 is 6.18 Å². The fourth-order valence-electron chi connectivity index (χ4n) is 1.50. The highest BCUT2D eigenvalue weighted by Crippen LogP contribution is 2.35. The molecule has 2 N–H and O–H groups in total. The quantitative estimate of drug-likeness (QED) is 0.655. The lowest BCUT2D eigenvalue weighted by Gasteiger charge is -2.11. The van der Waals surface area contributed by atoms with Crippen molar-refractivity contribution in [3.05, 3.63) is 53.8 Å². The average Bonchev–Trinajstić information content (AvgIpc) is 2.30. The molecule has 0 heterocycles. The van der Waals surface area contributed by atoms with E-state index in [1.54, 1.807) is 0 Å². The first kappa shape index (κ1) is 13.2. The van der Waals surface area contributed by atoms with E-state index < -0.39 is 17.6 Å². The van der Waals surface area contributed by atoms with Gasteiger partial charge in [0.1, 0.15) is 5.75 Å². The Morgan fingerprint density at radius 3 is 2.32 bits per heavy atom. The molecule has 0 spiro atoms. The Kier molecular flexibility index (Phi) is 3.33. The van der Waals surface area contributed by atoms with Crippen LogP contribution in [0.4, 0.5) is 23.2 Å². The first-order chi connectivity index (χ1) is 8.86. The summed E-state index contributed by atoms with van der Waals surface area (Å²) >= 11 is 0. The third-order valence-corrected chi connectivity index (χ3v) is 2.32. The van der Waals surface area contributed by atoms with Crippen molar-refractivity contribution in [2.75, 3.05) is 5.73 Å². The molecule has 2 nitrogen and oxygen atoms in total. The summed E-state index contributed by atoms with van der Waals surface area (Å²) in [5.74, 6) is -1.00. The Morgan fingerprint density at radius 1 is 1.00 bits per heavy atom. The van der Waals surface area contributed by atoms with Crippen LogP contribution in [0.15, 0.2) is 42.5 Å². The molecule has 0 aromatic heterocycles. The van der Waals surface area contributed by atoms with Crippen molar-refractivity contribution in [1.82, 2.24) is 0 Å². The van der Waals surface area contributed by atoms with Crippen LogP contribution in [-0.2, 0) is 6.18 Å². The van der Waals surface area contributed by atoms with E-state index in [2.05, 4.69) is 0 Å². The molecule has 2 aromatic rings. The van der Waals surface area contributed by atoms with Gasteiger partial charge in [-0.2, -0.15) is 13.2 Å². The molecule has 0 aliphatic heterocycles. The van der Waals surface area contributed by atoms with Gasteiger partial charge in [-0.25, -0.2) is 4.39 Å². The molecule has 0 saturated carbocycles. The fraction of sp³-hybridized carbons (Fsp3) is 0.0769. The van der Waals surface area contributed by atoms with Crippen LogP contribution in [0.2, 0.25) is 0 Å². The number of rotatable bonds is 2. The molecule has 0 aliphatic rings. The van der Waals surface area contributed by atoms with Gasteiger partial charge in [-0.3, -0.25) is 0 Å². The number of benzene rings is 2. The third kappa shape index (κ3) is 3.15. The summed E-state index contributed by atoms with van der Waals surface area (Å²) in [7, 11) is 0. The molecule has 2 aromatic carbocycles. The van der Waals surface area contributed by atoms with Gasteiger partial charge in [-0.05, 0) is 24.3 Å². The maximum atomic E-state index is 13.3. The van der Waals surface area contributed by atoms with Crippen LogP contribution in [0, 0.1) is 5.82 Å². The maximum Gasteiger partial charge on any atom is 0.416 e. The van der Waals surface area contributed by atoms with Crippen LogP contribution in [0.5, 0.6) is 11.5 Å². The Morgan fingerprint density at radius 2 is 1.68 bits per heavy atom. The van der Waals surface area contributed by atoms with Crippen LogP contribution in [0.3, 0.4) is 0 Å². The second-order valence-corrected chi connectivity index (χ2v) is 3.82. The Labute approximate surface area is 106 Å². The van der Waals surface area contributed by atoms with Crippen LogP contribution >= 0.6 is 0 Å². The summed E-state index contributed by atoms with van der Waals surface area (Å²) in [5, 5.41) is 0. The SMILES string of the molecule is Nc1cc(Oc2ccccc2F)cc(C(F)(F)F)c1. The van der Waals surface area contributed by atoms with Gasteiger partial charge in [0.15, 0.2) is 11.6 Å². The largest absolute Gasteiger partial charge is 0.454 e. The number of nitrogen functional groups attached to an aromatic ring is 1. The molecule has 0 unspecified atom stereocenters. The number of nitrogens with two attached hydrogens (primary N) is 1. The zero-order chi connectivity index (χ0) is 14.0. The van der Waals surface area contributed by atoms with Gasteiger partial charge in [-0.1, -0.05) is 12.1 Å². The predicted octanol–water partition coefficient (Wildman–Crippen LogP) is 4.22. The highest BCUT2D eigenvalue weighted by molar-refractivity contribution is 5.49. The van der Waals surface area contributed by atoms with Crippen molar-refractivity contribution in [2.24, 2.45) is 0 Å². The highest BCUT2D eigenvalue weighted by Gasteiger charge is 2.31. The zero-order valence-corrected chi connectivity index (χ0v) is 9.54. The Hall–Kier alpha value is -2.24. The lowest BCUT2D eigenvalue weighted by Crippen LogP contribution is -2.06. The van der Waals surface area contributed by atoms with E-state index in [1.165, 1.54) is 24.3 Å². The average molecular weight is 271 g/mol. The third-order valence-electron chi connectivity index (χ3n) is 2.32. The van der Waals surface area contributed by atoms with E-state index in [0.29, 0.717) is 0 Å². The van der Waals surface area contributed by atoms with Gasteiger partial charge in [0.05, 0.1) is 5.56 Å². The van der Waals surface area contributed by atoms with Gasteiger partial charge in [0.2, 0.25) is 0 Å². The number of anilines is 1. The van der Waals surface area contributed by atoms with Crippen molar-refractivity contribution < 1.29 is 22.3 Å². The van der Waals surface area contributed by atoms with Crippen LogP contribution in [0.25, 0.3) is 0 Å². The number of para-hydroxylation sites is 1. The molecule has 0 fully saturated rings. The summed E-state index contributed by atoms with van der Waals surface area (Å²) in [6.45, 7) is 0. The second kappa shape index (κ2) is 4.79. The molecule has 2 rings (SSSR count). The number of hydrogen-bond acceptors (Lipinski definition) is 2. The van der Waals surface area contributed by atoms with Gasteiger partial charge in [0, 0.05) is 11.8 Å². The zero-order valence-electron chi connectivity index (χ0n) is 9.54. The van der Waals surface area contributed by atoms with Crippen molar-refractivity contribution in [2.45, 2.75) is 6.18 Å². The monoisotopic (exact) mass is 271 g/mol. The van der Waals surface area contributed by atoms with Crippen LogP contribution in [-0.4, -0.2) is 0 Å². The number of alkyl halides is 3. The minimum Gasteiger partial charge on any atom is -0.454 e. The Balaban J connectivity index is 2.36. The topological polar surface area (TPSA) is 35.2 Å². The van der Waals surface area contributed by atoms with Gasteiger partial charge in [-0.15, -0.1) is 0 Å². The predicted molar refractivity (Wildman–Crippen MR) is 62.3 cm³/mol. The molecule has 0 radical (unpaired) electrons. The molecule has 0 aliphatic carbocycles.